The third-order valence-electron chi connectivity index (χ3n) is 5.34. The summed E-state index contributed by atoms with van der Waals surface area (Å²) in [6, 6.07) is 10.8. The molecule has 4 rings (SSSR count). The number of benzene rings is 2. The molecule has 164 valence electrons. The van der Waals surface area contributed by atoms with E-state index in [0.29, 0.717) is 16.3 Å². The molecule has 1 aromatic heterocycles. The lowest BCUT2D eigenvalue weighted by Gasteiger charge is -2.24. The molecule has 0 unspecified atom stereocenters. The summed E-state index contributed by atoms with van der Waals surface area (Å²) < 4.78 is 15.6. The smallest absolute Gasteiger partial charge is 0.332 e. The van der Waals surface area contributed by atoms with Gasteiger partial charge in [0.2, 0.25) is 5.43 Å². The van der Waals surface area contributed by atoms with Gasteiger partial charge in [-0.15, -0.1) is 0 Å². The Balaban J connectivity index is 1.95. The van der Waals surface area contributed by atoms with Crippen LogP contribution in [0.25, 0.3) is 11.0 Å². The van der Waals surface area contributed by atoms with E-state index in [1.54, 1.807) is 43.3 Å². The van der Waals surface area contributed by atoms with E-state index in [0.717, 1.165) is 5.56 Å². The molecule has 0 spiro atoms. The normalized spacial score (nSPS) is 17.9. The standard InChI is InChI=1S/C23H19ClN2O6/c1-12-9-17-14(10-16(12)24)21(27)15(11-32-17)19-18(22(28)30-2)20(23(29)31-3)26(25-19)13-7-5-4-6-8-13/h4-11,18,20H,1-3H3/t18-,20-/m0/s1. The summed E-state index contributed by atoms with van der Waals surface area (Å²) >= 11 is 6.21. The van der Waals surface area contributed by atoms with E-state index >= 15 is 0 Å². The fraction of sp³-hybridized carbons (Fsp3) is 0.217. The van der Waals surface area contributed by atoms with E-state index in [4.69, 9.17) is 25.5 Å². The number of hydrazone groups is 1. The molecular weight excluding hydrogens is 436 g/mol. The van der Waals surface area contributed by atoms with Gasteiger partial charge < -0.3 is 13.9 Å². The molecule has 3 aromatic rings. The largest absolute Gasteiger partial charge is 0.468 e. The predicted octanol–water partition coefficient (Wildman–Crippen LogP) is 3.31. The number of fused-ring (bicyclic) bond motifs is 1. The molecule has 1 aliphatic heterocycles. The van der Waals surface area contributed by atoms with Crippen LogP contribution in [0.2, 0.25) is 5.02 Å². The number of carbonyl (C=O) groups is 2. The van der Waals surface area contributed by atoms with Gasteiger partial charge in [0.25, 0.3) is 0 Å². The van der Waals surface area contributed by atoms with Crippen molar-refractivity contribution < 1.29 is 23.5 Å². The van der Waals surface area contributed by atoms with E-state index in [1.165, 1.54) is 31.6 Å². The first-order chi connectivity index (χ1) is 15.4. The number of hydrogen-bond donors (Lipinski definition) is 0. The second-order valence-electron chi connectivity index (χ2n) is 7.21. The minimum Gasteiger partial charge on any atom is -0.468 e. The number of anilines is 1. The van der Waals surface area contributed by atoms with Crippen LogP contribution in [0.4, 0.5) is 5.69 Å². The Morgan fingerprint density at radius 3 is 2.44 bits per heavy atom. The van der Waals surface area contributed by atoms with E-state index in [1.807, 2.05) is 0 Å². The van der Waals surface area contributed by atoms with Crippen LogP contribution in [0.15, 0.2) is 63.0 Å². The summed E-state index contributed by atoms with van der Waals surface area (Å²) in [5.41, 5.74) is 1.28. The Hall–Kier alpha value is -3.65. The number of esters is 2. The van der Waals surface area contributed by atoms with Crippen LogP contribution in [0.5, 0.6) is 0 Å². The van der Waals surface area contributed by atoms with Crippen molar-refractivity contribution in [2.24, 2.45) is 11.0 Å². The molecule has 0 N–H and O–H groups in total. The number of halogens is 1. The fourth-order valence-corrected chi connectivity index (χ4v) is 3.87. The van der Waals surface area contributed by atoms with Crippen molar-refractivity contribution in [1.29, 1.82) is 0 Å². The van der Waals surface area contributed by atoms with Crippen molar-refractivity contribution in [2.75, 3.05) is 19.2 Å². The number of carbonyl (C=O) groups excluding carboxylic acids is 2. The maximum atomic E-state index is 13.3. The topological polar surface area (TPSA) is 98.4 Å². The number of ether oxygens (including phenoxy) is 2. The first-order valence-corrected chi connectivity index (χ1v) is 10.1. The summed E-state index contributed by atoms with van der Waals surface area (Å²) in [6.07, 6.45) is 1.23. The van der Waals surface area contributed by atoms with Gasteiger partial charge in [0, 0.05) is 5.02 Å². The van der Waals surface area contributed by atoms with Crippen molar-refractivity contribution in [1.82, 2.24) is 0 Å². The zero-order chi connectivity index (χ0) is 23.0. The second kappa shape index (κ2) is 8.47. The van der Waals surface area contributed by atoms with Gasteiger partial charge in [0.1, 0.15) is 17.8 Å². The summed E-state index contributed by atoms with van der Waals surface area (Å²) in [4.78, 5) is 38.8. The van der Waals surface area contributed by atoms with Crippen LogP contribution in [-0.4, -0.2) is 37.9 Å². The van der Waals surface area contributed by atoms with Crippen LogP contribution < -0.4 is 10.4 Å². The number of hydrogen-bond acceptors (Lipinski definition) is 8. The molecular formula is C23H19ClN2O6. The molecule has 0 saturated carbocycles. The average molecular weight is 455 g/mol. The summed E-state index contributed by atoms with van der Waals surface area (Å²) in [7, 11) is 2.41. The number of para-hydroxylation sites is 1. The Morgan fingerprint density at radius 2 is 1.78 bits per heavy atom. The minimum atomic E-state index is -1.21. The first-order valence-electron chi connectivity index (χ1n) is 9.67. The van der Waals surface area contributed by atoms with E-state index < -0.39 is 29.3 Å². The first kappa shape index (κ1) is 21.6. The minimum absolute atomic E-state index is 0.0279. The number of methoxy groups -OCH3 is 2. The van der Waals surface area contributed by atoms with Crippen LogP contribution in [0, 0.1) is 12.8 Å². The molecule has 0 bridgehead atoms. The molecule has 8 nitrogen and oxygen atoms in total. The molecule has 2 aromatic carbocycles. The monoisotopic (exact) mass is 454 g/mol. The molecule has 0 amide bonds. The third kappa shape index (κ3) is 3.52. The van der Waals surface area contributed by atoms with Gasteiger partial charge in [-0.3, -0.25) is 9.59 Å². The van der Waals surface area contributed by atoms with E-state index in [-0.39, 0.29) is 16.7 Å². The van der Waals surface area contributed by atoms with Crippen LogP contribution in [0.3, 0.4) is 0 Å². The highest BCUT2D eigenvalue weighted by atomic mass is 35.5. The van der Waals surface area contributed by atoms with Gasteiger partial charge in [-0.25, -0.2) is 9.80 Å². The van der Waals surface area contributed by atoms with Gasteiger partial charge in [0.05, 0.1) is 36.6 Å². The third-order valence-corrected chi connectivity index (χ3v) is 5.74. The molecule has 32 heavy (non-hydrogen) atoms. The maximum Gasteiger partial charge on any atom is 0.332 e. The molecule has 1 aliphatic rings. The Morgan fingerprint density at radius 1 is 1.09 bits per heavy atom. The summed E-state index contributed by atoms with van der Waals surface area (Å²) in [5.74, 6) is -2.65. The average Bonchev–Trinajstić information content (AvgIpc) is 3.20. The molecule has 0 fully saturated rings. The highest BCUT2D eigenvalue weighted by molar-refractivity contribution is 6.32. The molecule has 0 radical (unpaired) electrons. The quantitative estimate of drug-likeness (QED) is 0.557. The molecule has 0 aliphatic carbocycles. The fourth-order valence-electron chi connectivity index (χ4n) is 3.70. The van der Waals surface area contributed by atoms with Crippen LogP contribution in [-0.2, 0) is 19.1 Å². The summed E-state index contributed by atoms with van der Waals surface area (Å²) in [6.45, 7) is 1.79. The Kier molecular flexibility index (Phi) is 5.71. The lowest BCUT2D eigenvalue weighted by atomic mass is 9.91. The summed E-state index contributed by atoms with van der Waals surface area (Å²) in [5, 5.41) is 6.48. The van der Waals surface area contributed by atoms with Crippen molar-refractivity contribution in [3.63, 3.8) is 0 Å². The van der Waals surface area contributed by atoms with Crippen molar-refractivity contribution in [3.05, 3.63) is 75.1 Å². The van der Waals surface area contributed by atoms with Crippen LogP contribution >= 0.6 is 11.6 Å². The lowest BCUT2D eigenvalue weighted by molar-refractivity contribution is -0.150. The van der Waals surface area contributed by atoms with Crippen LogP contribution in [0.1, 0.15) is 11.1 Å². The Bertz CT molecular complexity index is 1300. The number of rotatable bonds is 4. The zero-order valence-electron chi connectivity index (χ0n) is 17.5. The number of aryl methyl sites for hydroxylation is 1. The second-order valence-corrected chi connectivity index (χ2v) is 7.62. The Labute approximate surface area is 188 Å². The highest BCUT2D eigenvalue weighted by Gasteiger charge is 2.49. The molecule has 0 saturated heterocycles. The molecule has 9 heteroatoms. The van der Waals surface area contributed by atoms with Crippen molar-refractivity contribution >= 4 is 45.9 Å². The van der Waals surface area contributed by atoms with Gasteiger partial charge in [-0.2, -0.15) is 5.10 Å². The molecule has 2 atom stereocenters. The van der Waals surface area contributed by atoms with E-state index in [9.17, 15) is 14.4 Å². The van der Waals surface area contributed by atoms with Gasteiger partial charge in [-0.05, 0) is 36.8 Å². The maximum absolute atomic E-state index is 13.3. The molecule has 2 heterocycles. The SMILES string of the molecule is COC(=O)[C@H]1C(c2coc3cc(C)c(Cl)cc3c2=O)=NN(c2ccccc2)[C@@H]1C(=O)OC. The predicted molar refractivity (Wildman–Crippen MR) is 119 cm³/mol. The lowest BCUT2D eigenvalue weighted by Crippen LogP contribution is -2.45. The van der Waals surface area contributed by atoms with Gasteiger partial charge >= 0.3 is 11.9 Å². The van der Waals surface area contributed by atoms with Gasteiger partial charge in [0.15, 0.2) is 6.04 Å². The zero-order valence-corrected chi connectivity index (χ0v) is 18.3. The van der Waals surface area contributed by atoms with Gasteiger partial charge in [-0.1, -0.05) is 29.8 Å². The number of nitrogens with zero attached hydrogens (tertiary/aromatic N) is 2. The van der Waals surface area contributed by atoms with Crippen molar-refractivity contribution in [3.8, 4) is 0 Å². The van der Waals surface area contributed by atoms with E-state index in [2.05, 4.69) is 5.10 Å². The van der Waals surface area contributed by atoms with Crippen molar-refractivity contribution in [2.45, 2.75) is 13.0 Å². The highest BCUT2D eigenvalue weighted by Crippen LogP contribution is 2.32.